The number of nitrogens with zero attached hydrogens (tertiary/aromatic N) is 3. The molecule has 0 aliphatic heterocycles. The van der Waals surface area contributed by atoms with Gasteiger partial charge in [0.1, 0.15) is 11.8 Å². The van der Waals surface area contributed by atoms with E-state index in [4.69, 9.17) is 4.42 Å². The summed E-state index contributed by atoms with van der Waals surface area (Å²) in [4.78, 5) is 3.94. The van der Waals surface area contributed by atoms with E-state index in [0.717, 1.165) is 10.8 Å². The predicted molar refractivity (Wildman–Crippen MR) is 43.7 cm³/mol. The molecule has 0 radical (unpaired) electrons. The quantitative estimate of drug-likeness (QED) is 0.771. The van der Waals surface area contributed by atoms with Crippen LogP contribution < -0.4 is 5.32 Å². The van der Waals surface area contributed by atoms with Crippen LogP contribution in [-0.2, 0) is 6.54 Å². The van der Waals surface area contributed by atoms with Gasteiger partial charge in [0.2, 0.25) is 5.13 Å². The molecule has 0 fully saturated rings. The van der Waals surface area contributed by atoms with Crippen LogP contribution in [0.3, 0.4) is 0 Å². The maximum absolute atomic E-state index is 4.80. The van der Waals surface area contributed by atoms with Crippen molar-refractivity contribution in [2.24, 2.45) is 0 Å². The van der Waals surface area contributed by atoms with Crippen LogP contribution in [0.5, 0.6) is 0 Å². The van der Waals surface area contributed by atoms with Crippen LogP contribution in [0.15, 0.2) is 22.6 Å². The van der Waals surface area contributed by atoms with Crippen molar-refractivity contribution in [3.63, 3.8) is 0 Å². The zero-order chi connectivity index (χ0) is 8.23. The molecule has 1 N–H and O–H groups in total. The molecular formula is C6H6N4OS. The highest BCUT2D eigenvalue weighted by Gasteiger charge is 1.97. The van der Waals surface area contributed by atoms with Gasteiger partial charge in [-0.25, -0.2) is 4.98 Å². The van der Waals surface area contributed by atoms with E-state index in [1.54, 1.807) is 11.8 Å². The van der Waals surface area contributed by atoms with Gasteiger partial charge >= 0.3 is 0 Å². The van der Waals surface area contributed by atoms with Gasteiger partial charge in [-0.05, 0) is 0 Å². The Bertz CT molecular complexity index is 283. The van der Waals surface area contributed by atoms with Crippen molar-refractivity contribution < 1.29 is 4.42 Å². The Morgan fingerprint density at radius 2 is 2.58 bits per heavy atom. The number of rotatable bonds is 3. The monoisotopic (exact) mass is 182 g/mol. The van der Waals surface area contributed by atoms with Crippen molar-refractivity contribution in [3.8, 4) is 0 Å². The highest BCUT2D eigenvalue weighted by Crippen LogP contribution is 2.09. The van der Waals surface area contributed by atoms with Crippen LogP contribution in [0, 0.1) is 0 Å². The molecule has 2 aromatic rings. The second kappa shape index (κ2) is 3.31. The van der Waals surface area contributed by atoms with Crippen molar-refractivity contribution in [2.75, 3.05) is 5.32 Å². The van der Waals surface area contributed by atoms with Crippen molar-refractivity contribution in [1.29, 1.82) is 0 Å². The first-order chi connectivity index (χ1) is 5.95. The van der Waals surface area contributed by atoms with Crippen LogP contribution in [0.2, 0.25) is 0 Å². The summed E-state index contributed by atoms with van der Waals surface area (Å²) in [6, 6.07) is 0. The zero-order valence-corrected chi connectivity index (χ0v) is 6.91. The fourth-order valence-electron chi connectivity index (χ4n) is 0.741. The molecule has 62 valence electrons. The Labute approximate surface area is 72.5 Å². The molecule has 2 heterocycles. The van der Waals surface area contributed by atoms with E-state index >= 15 is 0 Å². The van der Waals surface area contributed by atoms with Gasteiger partial charge in [-0.15, -0.1) is 10.2 Å². The summed E-state index contributed by atoms with van der Waals surface area (Å²) in [5.74, 6) is 0. The molecule has 6 heteroatoms. The summed E-state index contributed by atoms with van der Waals surface area (Å²) in [6.07, 6.45) is 2.99. The standard InChI is InChI=1S/C6H6N4OS/c1(5-2-11-3-8-5)7-6-10-9-4-12-6/h2-4H,1H2,(H,7,10). The van der Waals surface area contributed by atoms with E-state index in [1.807, 2.05) is 0 Å². The third-order valence-electron chi connectivity index (χ3n) is 1.26. The van der Waals surface area contributed by atoms with E-state index in [2.05, 4.69) is 20.5 Å². The maximum atomic E-state index is 4.80. The molecule has 0 aliphatic rings. The number of hydrogen-bond donors (Lipinski definition) is 1. The van der Waals surface area contributed by atoms with Gasteiger partial charge in [-0.3, -0.25) is 0 Å². The average Bonchev–Trinajstić information content (AvgIpc) is 2.74. The van der Waals surface area contributed by atoms with Crippen LogP contribution in [0.1, 0.15) is 5.69 Å². The molecule has 0 saturated carbocycles. The summed E-state index contributed by atoms with van der Waals surface area (Å²) >= 11 is 1.45. The van der Waals surface area contributed by atoms with E-state index < -0.39 is 0 Å². The Morgan fingerprint density at radius 1 is 1.58 bits per heavy atom. The molecule has 0 unspecified atom stereocenters. The summed E-state index contributed by atoms with van der Waals surface area (Å²) in [5, 5.41) is 11.3. The minimum Gasteiger partial charge on any atom is -0.451 e. The summed E-state index contributed by atoms with van der Waals surface area (Å²) < 4.78 is 4.80. The topological polar surface area (TPSA) is 63.8 Å². The molecular weight excluding hydrogens is 176 g/mol. The van der Waals surface area contributed by atoms with Crippen molar-refractivity contribution in [3.05, 3.63) is 23.9 Å². The number of aromatic nitrogens is 3. The van der Waals surface area contributed by atoms with Crippen LogP contribution in [-0.4, -0.2) is 15.2 Å². The number of nitrogens with one attached hydrogen (secondary N) is 1. The smallest absolute Gasteiger partial charge is 0.205 e. The number of anilines is 1. The van der Waals surface area contributed by atoms with Gasteiger partial charge < -0.3 is 9.73 Å². The largest absolute Gasteiger partial charge is 0.451 e. The fourth-order valence-corrected chi connectivity index (χ4v) is 1.19. The molecule has 0 aliphatic carbocycles. The molecule has 0 spiro atoms. The minimum atomic E-state index is 0.617. The second-order valence-corrected chi connectivity index (χ2v) is 2.91. The average molecular weight is 182 g/mol. The molecule has 5 nitrogen and oxygen atoms in total. The molecule has 12 heavy (non-hydrogen) atoms. The van der Waals surface area contributed by atoms with Gasteiger partial charge in [0.15, 0.2) is 6.39 Å². The number of oxazole rings is 1. The Kier molecular flexibility index (Phi) is 2.00. The lowest BCUT2D eigenvalue weighted by Gasteiger charge is -1.95. The van der Waals surface area contributed by atoms with Crippen LogP contribution >= 0.6 is 11.3 Å². The SMILES string of the molecule is c1nc(CNc2nncs2)co1. The molecule has 0 atom stereocenters. The lowest BCUT2D eigenvalue weighted by molar-refractivity contribution is 0.556. The van der Waals surface area contributed by atoms with E-state index in [9.17, 15) is 0 Å². The summed E-state index contributed by atoms with van der Waals surface area (Å²) in [7, 11) is 0. The van der Waals surface area contributed by atoms with Crippen LogP contribution in [0.25, 0.3) is 0 Å². The zero-order valence-electron chi connectivity index (χ0n) is 6.10. The first-order valence-corrected chi connectivity index (χ1v) is 4.20. The van der Waals surface area contributed by atoms with Crippen molar-refractivity contribution >= 4 is 16.5 Å². The summed E-state index contributed by atoms with van der Waals surface area (Å²) in [5.41, 5.74) is 2.52. The lowest BCUT2D eigenvalue weighted by Crippen LogP contribution is -1.98. The highest BCUT2D eigenvalue weighted by atomic mass is 32.1. The Morgan fingerprint density at radius 3 is 3.25 bits per heavy atom. The van der Waals surface area contributed by atoms with Crippen molar-refractivity contribution in [1.82, 2.24) is 15.2 Å². The molecule has 0 amide bonds. The van der Waals surface area contributed by atoms with E-state index in [1.165, 1.54) is 17.7 Å². The molecule has 0 bridgehead atoms. The lowest BCUT2D eigenvalue weighted by atomic mass is 10.5. The highest BCUT2D eigenvalue weighted by molar-refractivity contribution is 7.13. The summed E-state index contributed by atoms with van der Waals surface area (Å²) in [6.45, 7) is 0.617. The fraction of sp³-hybridized carbons (Fsp3) is 0.167. The van der Waals surface area contributed by atoms with E-state index in [0.29, 0.717) is 6.54 Å². The second-order valence-electron chi connectivity index (χ2n) is 2.08. The molecule has 0 saturated heterocycles. The van der Waals surface area contributed by atoms with Gasteiger partial charge in [-0.2, -0.15) is 0 Å². The van der Waals surface area contributed by atoms with Crippen LogP contribution in [0.4, 0.5) is 5.13 Å². The van der Waals surface area contributed by atoms with Gasteiger partial charge in [0, 0.05) is 0 Å². The number of hydrogen-bond acceptors (Lipinski definition) is 6. The third-order valence-corrected chi connectivity index (χ3v) is 1.91. The maximum Gasteiger partial charge on any atom is 0.205 e. The van der Waals surface area contributed by atoms with Crippen molar-refractivity contribution in [2.45, 2.75) is 6.54 Å². The van der Waals surface area contributed by atoms with Gasteiger partial charge in [0.25, 0.3) is 0 Å². The Hall–Kier alpha value is -1.43. The van der Waals surface area contributed by atoms with Gasteiger partial charge in [-0.1, -0.05) is 11.3 Å². The Balaban J connectivity index is 1.91. The minimum absolute atomic E-state index is 0.617. The van der Waals surface area contributed by atoms with E-state index in [-0.39, 0.29) is 0 Å². The molecule has 0 aromatic carbocycles. The first-order valence-electron chi connectivity index (χ1n) is 3.32. The molecule has 2 aromatic heterocycles. The molecule has 2 rings (SSSR count). The third kappa shape index (κ3) is 1.59. The first kappa shape index (κ1) is 7.23. The van der Waals surface area contributed by atoms with Gasteiger partial charge in [0.05, 0.1) is 12.2 Å². The normalized spacial score (nSPS) is 10.0. The predicted octanol–water partition coefficient (Wildman–Crippen LogP) is 1.14.